The van der Waals surface area contributed by atoms with E-state index in [-0.39, 0.29) is 18.7 Å². The Balaban J connectivity index is 1.67. The molecule has 1 aromatic heterocycles. The highest BCUT2D eigenvalue weighted by molar-refractivity contribution is 5.90. The molecule has 1 aliphatic rings. The third-order valence-electron chi connectivity index (χ3n) is 4.05. The van der Waals surface area contributed by atoms with Crippen LogP contribution >= 0.6 is 0 Å². The van der Waals surface area contributed by atoms with Crippen LogP contribution in [0, 0.1) is 0 Å². The summed E-state index contributed by atoms with van der Waals surface area (Å²) in [6, 6.07) is 6.89. The third kappa shape index (κ3) is 3.67. The van der Waals surface area contributed by atoms with E-state index in [0.29, 0.717) is 18.0 Å². The highest BCUT2D eigenvalue weighted by Crippen LogP contribution is 2.32. The molecule has 6 nitrogen and oxygen atoms in total. The molecule has 1 fully saturated rings. The molecular weight excluding hydrogens is 311 g/mol. The number of carbonyl (C=O) groups excluding carboxylic acids is 1. The highest BCUT2D eigenvalue weighted by Gasteiger charge is 2.30. The van der Waals surface area contributed by atoms with E-state index in [1.807, 2.05) is 24.3 Å². The number of nitrogens with one attached hydrogen (secondary N) is 1. The zero-order valence-corrected chi connectivity index (χ0v) is 13.6. The number of likely N-dealkylation sites (tertiary alicyclic amines) is 1. The zero-order valence-electron chi connectivity index (χ0n) is 13.6. The van der Waals surface area contributed by atoms with Crippen LogP contribution in [0.2, 0.25) is 0 Å². The third-order valence-corrected chi connectivity index (χ3v) is 4.05. The van der Waals surface area contributed by atoms with Gasteiger partial charge in [0.1, 0.15) is 19.0 Å². The average Bonchev–Trinajstić information content (AvgIpc) is 3.21. The first-order chi connectivity index (χ1) is 11.7. The van der Waals surface area contributed by atoms with Crippen molar-refractivity contribution in [1.82, 2.24) is 14.7 Å². The fourth-order valence-corrected chi connectivity index (χ4v) is 2.98. The maximum atomic E-state index is 12.6. The number of hydrogen-bond acceptors (Lipinski definition) is 3. The van der Waals surface area contributed by atoms with Crippen molar-refractivity contribution < 1.29 is 13.9 Å². The van der Waals surface area contributed by atoms with Gasteiger partial charge in [0.25, 0.3) is 0 Å². The van der Waals surface area contributed by atoms with E-state index in [4.69, 9.17) is 4.74 Å². The number of amides is 2. The van der Waals surface area contributed by atoms with Crippen molar-refractivity contribution in [3.8, 4) is 5.75 Å². The van der Waals surface area contributed by atoms with Gasteiger partial charge in [0, 0.05) is 37.1 Å². The van der Waals surface area contributed by atoms with E-state index in [1.165, 1.54) is 0 Å². The lowest BCUT2D eigenvalue weighted by molar-refractivity contribution is 0.207. The molecule has 7 heteroatoms. The van der Waals surface area contributed by atoms with Gasteiger partial charge in [-0.1, -0.05) is 6.07 Å². The summed E-state index contributed by atoms with van der Waals surface area (Å²) in [7, 11) is 1.87. The molecular formula is C17H21FN4O2. The van der Waals surface area contributed by atoms with Crippen LogP contribution in [-0.2, 0) is 7.05 Å². The van der Waals surface area contributed by atoms with Crippen LogP contribution in [0.3, 0.4) is 0 Å². The lowest BCUT2D eigenvalue weighted by Gasteiger charge is -2.24. The van der Waals surface area contributed by atoms with E-state index in [0.717, 1.165) is 18.4 Å². The Morgan fingerprint density at radius 3 is 3.12 bits per heavy atom. The Morgan fingerprint density at radius 1 is 1.50 bits per heavy atom. The molecule has 0 aliphatic carbocycles. The van der Waals surface area contributed by atoms with Crippen molar-refractivity contribution in [3.05, 3.63) is 42.2 Å². The highest BCUT2D eigenvalue weighted by atomic mass is 19.1. The second kappa shape index (κ2) is 7.33. The van der Waals surface area contributed by atoms with E-state index in [1.54, 1.807) is 28.9 Å². The molecule has 3 rings (SSSR count). The zero-order chi connectivity index (χ0) is 16.9. The quantitative estimate of drug-likeness (QED) is 0.915. The minimum Gasteiger partial charge on any atom is -0.491 e. The maximum Gasteiger partial charge on any atom is 0.322 e. The van der Waals surface area contributed by atoms with Crippen LogP contribution in [0.15, 0.2) is 36.7 Å². The van der Waals surface area contributed by atoms with Crippen molar-refractivity contribution in [2.24, 2.45) is 7.05 Å². The molecule has 2 aromatic rings. The number of hydrogen-bond donors (Lipinski definition) is 1. The fourth-order valence-electron chi connectivity index (χ4n) is 2.98. The lowest BCUT2D eigenvalue weighted by atomic mass is 10.1. The van der Waals surface area contributed by atoms with E-state index in [9.17, 15) is 9.18 Å². The number of aromatic nitrogens is 2. The normalized spacial score (nSPS) is 17.1. The number of urea groups is 1. The molecule has 0 spiro atoms. The number of carbonyl (C=O) groups is 1. The molecule has 2 heterocycles. The van der Waals surface area contributed by atoms with E-state index < -0.39 is 6.67 Å². The summed E-state index contributed by atoms with van der Waals surface area (Å²) in [5.74, 6) is 0.538. The number of aryl methyl sites for hydroxylation is 1. The van der Waals surface area contributed by atoms with Crippen molar-refractivity contribution in [3.63, 3.8) is 0 Å². The predicted molar refractivity (Wildman–Crippen MR) is 88.8 cm³/mol. The number of ether oxygens (including phenoxy) is 1. The molecule has 2 amide bonds. The summed E-state index contributed by atoms with van der Waals surface area (Å²) in [6.07, 6.45) is 5.65. The van der Waals surface area contributed by atoms with Crippen molar-refractivity contribution in [2.45, 2.75) is 18.9 Å². The van der Waals surface area contributed by atoms with Crippen LogP contribution in [0.5, 0.6) is 5.75 Å². The van der Waals surface area contributed by atoms with Gasteiger partial charge in [-0.25, -0.2) is 9.18 Å². The first-order valence-corrected chi connectivity index (χ1v) is 8.02. The average molecular weight is 332 g/mol. The molecule has 1 aromatic carbocycles. The molecule has 1 atom stereocenters. The van der Waals surface area contributed by atoms with Crippen LogP contribution < -0.4 is 10.1 Å². The van der Waals surface area contributed by atoms with Crippen LogP contribution in [-0.4, -0.2) is 40.5 Å². The first-order valence-electron chi connectivity index (χ1n) is 8.02. The summed E-state index contributed by atoms with van der Waals surface area (Å²) in [6.45, 7) is 0.174. The number of rotatable bonds is 5. The van der Waals surface area contributed by atoms with E-state index >= 15 is 0 Å². The Morgan fingerprint density at radius 2 is 2.38 bits per heavy atom. The summed E-state index contributed by atoms with van der Waals surface area (Å²) >= 11 is 0. The van der Waals surface area contributed by atoms with Gasteiger partial charge in [-0.15, -0.1) is 0 Å². The minimum absolute atomic E-state index is 0.00655. The number of anilines is 1. The van der Waals surface area contributed by atoms with Crippen molar-refractivity contribution in [2.75, 3.05) is 25.1 Å². The number of nitrogens with zero attached hydrogens (tertiary/aromatic N) is 3. The Hall–Kier alpha value is -2.57. The smallest absolute Gasteiger partial charge is 0.322 e. The van der Waals surface area contributed by atoms with Gasteiger partial charge >= 0.3 is 6.03 Å². The largest absolute Gasteiger partial charge is 0.491 e. The predicted octanol–water partition coefficient (Wildman–Crippen LogP) is 3.14. The van der Waals surface area contributed by atoms with Gasteiger partial charge in [0.15, 0.2) is 0 Å². The van der Waals surface area contributed by atoms with Gasteiger partial charge in [-0.3, -0.25) is 4.68 Å². The van der Waals surface area contributed by atoms with Crippen molar-refractivity contribution >= 4 is 11.7 Å². The molecule has 0 bridgehead atoms. The Kier molecular flexibility index (Phi) is 4.98. The SMILES string of the molecule is Cn1cc([C@H]2CCCN2C(=O)Nc2cccc(OCCF)c2)cn1. The minimum atomic E-state index is -0.544. The molecule has 128 valence electrons. The molecule has 0 saturated carbocycles. The topological polar surface area (TPSA) is 59.4 Å². The molecule has 24 heavy (non-hydrogen) atoms. The van der Waals surface area contributed by atoms with Gasteiger partial charge < -0.3 is 15.0 Å². The van der Waals surface area contributed by atoms with E-state index in [2.05, 4.69) is 10.4 Å². The Labute approximate surface area is 140 Å². The number of benzene rings is 1. The van der Waals surface area contributed by atoms with Crippen LogP contribution in [0.25, 0.3) is 0 Å². The number of alkyl halides is 1. The van der Waals surface area contributed by atoms with Gasteiger partial charge in [0.2, 0.25) is 0 Å². The standard InChI is InChI=1S/C17H21FN4O2/c1-21-12-13(11-19-21)16-6-3-8-22(16)17(23)20-14-4-2-5-15(10-14)24-9-7-18/h2,4-5,10-12,16H,3,6-9H2,1H3,(H,20,23)/t16-/m1/s1. The number of halogens is 1. The summed E-state index contributed by atoms with van der Waals surface area (Å²) in [4.78, 5) is 14.4. The van der Waals surface area contributed by atoms with Gasteiger partial charge in [0.05, 0.1) is 12.2 Å². The lowest BCUT2D eigenvalue weighted by Crippen LogP contribution is -2.34. The molecule has 1 N–H and O–H groups in total. The van der Waals surface area contributed by atoms with Crippen LogP contribution in [0.1, 0.15) is 24.4 Å². The monoisotopic (exact) mass is 332 g/mol. The fraction of sp³-hybridized carbons (Fsp3) is 0.412. The first kappa shape index (κ1) is 16.3. The van der Waals surface area contributed by atoms with Crippen LogP contribution in [0.4, 0.5) is 14.9 Å². The van der Waals surface area contributed by atoms with Crippen molar-refractivity contribution in [1.29, 1.82) is 0 Å². The summed E-state index contributed by atoms with van der Waals surface area (Å²) in [5.41, 5.74) is 1.68. The maximum absolute atomic E-state index is 12.6. The molecule has 1 aliphatic heterocycles. The summed E-state index contributed by atoms with van der Waals surface area (Å²) < 4.78 is 19.2. The summed E-state index contributed by atoms with van der Waals surface area (Å²) in [5, 5.41) is 7.08. The Bertz CT molecular complexity index is 703. The molecule has 1 saturated heterocycles. The van der Waals surface area contributed by atoms with Gasteiger partial charge in [-0.2, -0.15) is 5.10 Å². The second-order valence-electron chi connectivity index (χ2n) is 5.79. The molecule has 0 radical (unpaired) electrons. The molecule has 0 unspecified atom stereocenters. The van der Waals surface area contributed by atoms with Gasteiger partial charge in [-0.05, 0) is 25.0 Å². The second-order valence-corrected chi connectivity index (χ2v) is 5.79.